The number of aliphatic carboxylic acids is 1. The van der Waals surface area contributed by atoms with E-state index >= 15 is 0 Å². The normalized spacial score (nSPS) is 12.6. The van der Waals surface area contributed by atoms with E-state index in [-0.39, 0.29) is 5.41 Å². The summed E-state index contributed by atoms with van der Waals surface area (Å²) in [6.07, 6.45) is 2.96. The summed E-state index contributed by atoms with van der Waals surface area (Å²) in [5, 5.41) is 8.63. The summed E-state index contributed by atoms with van der Waals surface area (Å²) >= 11 is 0. The highest BCUT2D eigenvalue weighted by Gasteiger charge is 2.12. The Balaban J connectivity index is 2.63. The summed E-state index contributed by atoms with van der Waals surface area (Å²) < 4.78 is 0. The molecule has 18 heavy (non-hydrogen) atoms. The first-order valence-electron chi connectivity index (χ1n) is 6.28. The summed E-state index contributed by atoms with van der Waals surface area (Å²) in [6, 6.07) is 8.58. The molecule has 98 valence electrons. The maximum absolute atomic E-state index is 10.5. The first-order chi connectivity index (χ1) is 8.29. The highest BCUT2D eigenvalue weighted by atomic mass is 16.4. The smallest absolute Gasteiger partial charge is 0.328 e. The van der Waals surface area contributed by atoms with Crippen molar-refractivity contribution in [3.05, 3.63) is 47.0 Å². The average molecular weight is 246 g/mol. The molecule has 0 spiro atoms. The van der Waals surface area contributed by atoms with Crippen LogP contribution in [-0.4, -0.2) is 11.1 Å². The highest BCUT2D eigenvalue weighted by Crippen LogP contribution is 2.22. The lowest BCUT2D eigenvalue weighted by Crippen LogP contribution is -2.10. The lowest BCUT2D eigenvalue weighted by atomic mass is 9.86. The SMILES string of the molecule is C/C(=C\C(=O)O)CCc1ccc(C(C)(C)C)cc1. The molecule has 1 rings (SSSR count). The number of aryl methyl sites for hydroxylation is 1. The Hall–Kier alpha value is -1.57. The molecule has 0 radical (unpaired) electrons. The Morgan fingerprint density at radius 1 is 1.22 bits per heavy atom. The molecule has 0 aliphatic carbocycles. The van der Waals surface area contributed by atoms with Gasteiger partial charge in [0.15, 0.2) is 0 Å². The fourth-order valence-corrected chi connectivity index (χ4v) is 1.80. The molecule has 0 amide bonds. The number of carboxylic acid groups (broad SMARTS) is 1. The molecule has 0 heterocycles. The fourth-order valence-electron chi connectivity index (χ4n) is 1.80. The van der Waals surface area contributed by atoms with Gasteiger partial charge < -0.3 is 5.11 Å². The summed E-state index contributed by atoms with van der Waals surface area (Å²) in [5.41, 5.74) is 3.66. The van der Waals surface area contributed by atoms with Crippen molar-refractivity contribution in [3.63, 3.8) is 0 Å². The van der Waals surface area contributed by atoms with Gasteiger partial charge in [-0.25, -0.2) is 4.79 Å². The lowest BCUT2D eigenvalue weighted by molar-refractivity contribution is -0.131. The number of hydrogen-bond donors (Lipinski definition) is 1. The third-order valence-corrected chi connectivity index (χ3v) is 3.00. The minimum Gasteiger partial charge on any atom is -0.478 e. The van der Waals surface area contributed by atoms with Crippen LogP contribution < -0.4 is 0 Å². The second-order valence-corrected chi connectivity index (χ2v) is 5.78. The van der Waals surface area contributed by atoms with Crippen LogP contribution in [0.2, 0.25) is 0 Å². The van der Waals surface area contributed by atoms with E-state index in [2.05, 4.69) is 45.0 Å². The average Bonchev–Trinajstić information content (AvgIpc) is 2.25. The Bertz CT molecular complexity index is 433. The largest absolute Gasteiger partial charge is 0.478 e. The van der Waals surface area contributed by atoms with Gasteiger partial charge in [-0.15, -0.1) is 0 Å². The number of allylic oxidation sites excluding steroid dienone is 1. The van der Waals surface area contributed by atoms with Crippen molar-refractivity contribution < 1.29 is 9.90 Å². The first kappa shape index (κ1) is 14.5. The molecule has 2 heteroatoms. The number of carbonyl (C=O) groups is 1. The van der Waals surface area contributed by atoms with E-state index in [0.717, 1.165) is 18.4 Å². The molecule has 0 saturated heterocycles. The molecule has 1 N–H and O–H groups in total. The summed E-state index contributed by atoms with van der Waals surface area (Å²) in [7, 11) is 0. The fraction of sp³-hybridized carbons (Fsp3) is 0.438. The Morgan fingerprint density at radius 3 is 2.22 bits per heavy atom. The molecule has 0 atom stereocenters. The van der Waals surface area contributed by atoms with E-state index in [9.17, 15) is 4.79 Å². The van der Waals surface area contributed by atoms with Gasteiger partial charge in [0.25, 0.3) is 0 Å². The van der Waals surface area contributed by atoms with Gasteiger partial charge in [-0.3, -0.25) is 0 Å². The van der Waals surface area contributed by atoms with Crippen LogP contribution in [0.1, 0.15) is 45.2 Å². The van der Waals surface area contributed by atoms with Gasteiger partial charge in [-0.1, -0.05) is 50.6 Å². The number of benzene rings is 1. The zero-order chi connectivity index (χ0) is 13.8. The minimum absolute atomic E-state index is 0.178. The number of carboxylic acids is 1. The van der Waals surface area contributed by atoms with Gasteiger partial charge in [-0.2, -0.15) is 0 Å². The van der Waals surface area contributed by atoms with E-state index in [4.69, 9.17) is 5.11 Å². The third kappa shape index (κ3) is 4.74. The Kier molecular flexibility index (Phi) is 4.71. The molecule has 0 saturated carbocycles. The quantitative estimate of drug-likeness (QED) is 0.817. The van der Waals surface area contributed by atoms with Crippen LogP contribution in [0.15, 0.2) is 35.9 Å². The molecule has 0 unspecified atom stereocenters. The van der Waals surface area contributed by atoms with E-state index < -0.39 is 5.97 Å². The zero-order valence-electron chi connectivity index (χ0n) is 11.7. The molecule has 0 aliphatic heterocycles. The van der Waals surface area contributed by atoms with Crippen molar-refractivity contribution in [3.8, 4) is 0 Å². The second kappa shape index (κ2) is 5.85. The van der Waals surface area contributed by atoms with Gasteiger partial charge in [0, 0.05) is 6.08 Å². The van der Waals surface area contributed by atoms with E-state index in [1.807, 2.05) is 6.92 Å². The third-order valence-electron chi connectivity index (χ3n) is 3.00. The predicted molar refractivity (Wildman–Crippen MR) is 74.9 cm³/mol. The van der Waals surface area contributed by atoms with E-state index in [1.165, 1.54) is 17.2 Å². The molecular formula is C16H22O2. The molecular weight excluding hydrogens is 224 g/mol. The van der Waals surface area contributed by atoms with E-state index in [1.54, 1.807) is 0 Å². The monoisotopic (exact) mass is 246 g/mol. The lowest BCUT2D eigenvalue weighted by Gasteiger charge is -2.19. The first-order valence-corrected chi connectivity index (χ1v) is 6.28. The molecule has 0 fully saturated rings. The van der Waals surface area contributed by atoms with Crippen LogP contribution in [-0.2, 0) is 16.6 Å². The van der Waals surface area contributed by atoms with Crippen molar-refractivity contribution in [2.45, 2.75) is 46.0 Å². The van der Waals surface area contributed by atoms with Gasteiger partial charge in [0.1, 0.15) is 0 Å². The Labute approximate surface area is 109 Å². The summed E-state index contributed by atoms with van der Waals surface area (Å²) in [5.74, 6) is -0.865. The standard InChI is InChI=1S/C16H22O2/c1-12(11-15(17)18)5-6-13-7-9-14(10-8-13)16(2,3)4/h7-11H,5-6H2,1-4H3,(H,17,18)/b12-11+. The topological polar surface area (TPSA) is 37.3 Å². The number of rotatable bonds is 4. The van der Waals surface area contributed by atoms with Crippen molar-refractivity contribution in [1.82, 2.24) is 0 Å². The van der Waals surface area contributed by atoms with Gasteiger partial charge in [-0.05, 0) is 36.3 Å². The second-order valence-electron chi connectivity index (χ2n) is 5.78. The van der Waals surface area contributed by atoms with Crippen LogP contribution in [0.5, 0.6) is 0 Å². The van der Waals surface area contributed by atoms with Crippen LogP contribution >= 0.6 is 0 Å². The number of hydrogen-bond acceptors (Lipinski definition) is 1. The summed E-state index contributed by atoms with van der Waals surface area (Å²) in [6.45, 7) is 8.45. The van der Waals surface area contributed by atoms with Crippen molar-refractivity contribution in [2.75, 3.05) is 0 Å². The molecule has 1 aromatic rings. The molecule has 2 nitrogen and oxygen atoms in total. The predicted octanol–water partition coefficient (Wildman–Crippen LogP) is 3.95. The molecule has 1 aromatic carbocycles. The highest BCUT2D eigenvalue weighted by molar-refractivity contribution is 5.80. The van der Waals surface area contributed by atoms with Crippen LogP contribution in [0, 0.1) is 0 Å². The van der Waals surface area contributed by atoms with Crippen LogP contribution in [0.3, 0.4) is 0 Å². The van der Waals surface area contributed by atoms with Gasteiger partial charge >= 0.3 is 5.97 Å². The van der Waals surface area contributed by atoms with Crippen LogP contribution in [0.4, 0.5) is 0 Å². The molecule has 0 aromatic heterocycles. The minimum atomic E-state index is -0.865. The van der Waals surface area contributed by atoms with Gasteiger partial charge in [0.2, 0.25) is 0 Å². The van der Waals surface area contributed by atoms with E-state index in [0.29, 0.717) is 0 Å². The van der Waals surface area contributed by atoms with Crippen molar-refractivity contribution in [2.24, 2.45) is 0 Å². The van der Waals surface area contributed by atoms with Crippen molar-refractivity contribution >= 4 is 5.97 Å². The van der Waals surface area contributed by atoms with Crippen molar-refractivity contribution in [1.29, 1.82) is 0 Å². The summed E-state index contributed by atoms with van der Waals surface area (Å²) in [4.78, 5) is 10.5. The molecule has 0 aliphatic rings. The molecule has 0 bridgehead atoms. The Morgan fingerprint density at radius 2 is 1.78 bits per heavy atom. The van der Waals surface area contributed by atoms with Crippen LogP contribution in [0.25, 0.3) is 0 Å². The zero-order valence-corrected chi connectivity index (χ0v) is 11.7. The maximum Gasteiger partial charge on any atom is 0.328 e. The maximum atomic E-state index is 10.5. The van der Waals surface area contributed by atoms with Gasteiger partial charge in [0.05, 0.1) is 0 Å².